The molecule has 0 amide bonds. The molecule has 1 aromatic carbocycles. The lowest BCUT2D eigenvalue weighted by atomic mass is 10.0. The number of hydrogen-bond donors (Lipinski definition) is 2. The van der Waals surface area contributed by atoms with Gasteiger partial charge < -0.3 is 11.5 Å². The normalized spacial score (nSPS) is 13.2. The van der Waals surface area contributed by atoms with Gasteiger partial charge in [0.1, 0.15) is 11.4 Å². The number of carbonyl (C=O) groups excluding carboxylic acids is 1. The minimum absolute atomic E-state index is 0.0262. The standard InChI is InChI=1S/C12H13Cl2N3O/c1-6(15)10(16)12(18)11(17-2)7-3-4-8(13)9(14)5-7/h3-5H,15-16H2,1-2H3. The third kappa shape index (κ3) is 3.03. The van der Waals surface area contributed by atoms with Gasteiger partial charge in [-0.3, -0.25) is 9.79 Å². The zero-order valence-corrected chi connectivity index (χ0v) is 11.5. The van der Waals surface area contributed by atoms with Gasteiger partial charge >= 0.3 is 0 Å². The number of allylic oxidation sites excluding steroid dienone is 2. The molecule has 6 heteroatoms. The zero-order chi connectivity index (χ0) is 13.9. The molecule has 0 atom stereocenters. The summed E-state index contributed by atoms with van der Waals surface area (Å²) in [5, 5.41) is 0.747. The number of aliphatic imine (C=N–C) groups is 1. The fraction of sp³-hybridized carbons (Fsp3) is 0.167. The van der Waals surface area contributed by atoms with E-state index in [0.29, 0.717) is 15.6 Å². The van der Waals surface area contributed by atoms with Gasteiger partial charge in [-0.15, -0.1) is 0 Å². The highest BCUT2D eigenvalue weighted by Gasteiger charge is 2.18. The van der Waals surface area contributed by atoms with Crippen molar-refractivity contribution in [1.29, 1.82) is 0 Å². The average Bonchev–Trinajstić information content (AvgIpc) is 2.33. The lowest BCUT2D eigenvalue weighted by molar-refractivity contribution is -0.109. The lowest BCUT2D eigenvalue weighted by Crippen LogP contribution is -2.25. The predicted molar refractivity (Wildman–Crippen MR) is 75.0 cm³/mol. The molecule has 18 heavy (non-hydrogen) atoms. The molecular formula is C12H13Cl2N3O. The summed E-state index contributed by atoms with van der Waals surface area (Å²) in [6.45, 7) is 1.55. The minimum atomic E-state index is -0.434. The molecule has 1 rings (SSSR count). The molecule has 0 spiro atoms. The maximum absolute atomic E-state index is 12.0. The summed E-state index contributed by atoms with van der Waals surface area (Å²) in [4.78, 5) is 16.0. The number of nitrogens with two attached hydrogens (primary N) is 2. The Labute approximate surface area is 115 Å². The number of Topliss-reactive ketones (excluding diaryl/α,β-unsaturated/α-hetero) is 1. The van der Waals surface area contributed by atoms with Crippen molar-refractivity contribution in [2.45, 2.75) is 6.92 Å². The van der Waals surface area contributed by atoms with Crippen molar-refractivity contribution >= 4 is 34.7 Å². The van der Waals surface area contributed by atoms with E-state index in [1.54, 1.807) is 25.1 Å². The smallest absolute Gasteiger partial charge is 0.228 e. The van der Waals surface area contributed by atoms with Crippen LogP contribution in [0, 0.1) is 0 Å². The largest absolute Gasteiger partial charge is 0.400 e. The van der Waals surface area contributed by atoms with E-state index in [9.17, 15) is 4.79 Å². The number of carbonyl (C=O) groups is 1. The molecule has 0 saturated heterocycles. The number of nitrogens with zero attached hydrogens (tertiary/aromatic N) is 1. The van der Waals surface area contributed by atoms with Gasteiger partial charge in [0.15, 0.2) is 0 Å². The van der Waals surface area contributed by atoms with Crippen molar-refractivity contribution in [3.8, 4) is 0 Å². The van der Waals surface area contributed by atoms with E-state index >= 15 is 0 Å². The van der Waals surface area contributed by atoms with Gasteiger partial charge in [-0.1, -0.05) is 29.3 Å². The average molecular weight is 286 g/mol. The fourth-order valence-corrected chi connectivity index (χ4v) is 1.61. The predicted octanol–water partition coefficient (Wildman–Crippen LogP) is 2.13. The monoisotopic (exact) mass is 285 g/mol. The van der Waals surface area contributed by atoms with E-state index in [0.717, 1.165) is 0 Å². The number of rotatable bonds is 3. The van der Waals surface area contributed by atoms with Crippen LogP contribution in [0.3, 0.4) is 0 Å². The molecule has 0 heterocycles. The van der Waals surface area contributed by atoms with Gasteiger partial charge in [-0.2, -0.15) is 0 Å². The second kappa shape index (κ2) is 5.89. The number of ketones is 1. The van der Waals surface area contributed by atoms with Crippen molar-refractivity contribution in [3.63, 3.8) is 0 Å². The van der Waals surface area contributed by atoms with Gasteiger partial charge in [-0.05, 0) is 19.1 Å². The summed E-state index contributed by atoms with van der Waals surface area (Å²) in [5.74, 6) is -0.434. The molecule has 0 aliphatic carbocycles. The van der Waals surface area contributed by atoms with Crippen molar-refractivity contribution in [3.05, 3.63) is 45.2 Å². The molecule has 0 unspecified atom stereocenters. The van der Waals surface area contributed by atoms with Crippen LogP contribution in [-0.4, -0.2) is 18.5 Å². The highest BCUT2D eigenvalue weighted by atomic mass is 35.5. The quantitative estimate of drug-likeness (QED) is 0.659. The summed E-state index contributed by atoms with van der Waals surface area (Å²) in [7, 11) is 1.49. The van der Waals surface area contributed by atoms with Crippen molar-refractivity contribution in [2.75, 3.05) is 7.05 Å². The van der Waals surface area contributed by atoms with Gasteiger partial charge in [0, 0.05) is 18.3 Å². The molecule has 0 saturated carbocycles. The molecule has 0 fully saturated rings. The fourth-order valence-electron chi connectivity index (χ4n) is 1.31. The molecule has 0 radical (unpaired) electrons. The Morgan fingerprint density at radius 2 is 1.83 bits per heavy atom. The topological polar surface area (TPSA) is 81.5 Å². The van der Waals surface area contributed by atoms with Crippen LogP contribution in [0.5, 0.6) is 0 Å². The van der Waals surface area contributed by atoms with Gasteiger partial charge in [0.2, 0.25) is 5.78 Å². The number of benzene rings is 1. The van der Waals surface area contributed by atoms with Crippen LogP contribution < -0.4 is 11.5 Å². The molecule has 0 bridgehead atoms. The van der Waals surface area contributed by atoms with Crippen molar-refractivity contribution in [1.82, 2.24) is 0 Å². The van der Waals surface area contributed by atoms with Gasteiger partial charge in [0.05, 0.1) is 10.0 Å². The summed E-state index contributed by atoms with van der Waals surface area (Å²) >= 11 is 11.7. The first-order chi connectivity index (χ1) is 8.38. The van der Waals surface area contributed by atoms with Gasteiger partial charge in [0.25, 0.3) is 0 Å². The Kier molecular flexibility index (Phi) is 4.76. The summed E-state index contributed by atoms with van der Waals surface area (Å²) < 4.78 is 0. The first-order valence-electron chi connectivity index (χ1n) is 5.07. The van der Waals surface area contributed by atoms with Crippen LogP contribution in [-0.2, 0) is 4.79 Å². The van der Waals surface area contributed by atoms with E-state index in [1.807, 2.05) is 0 Å². The summed E-state index contributed by atoms with van der Waals surface area (Å²) in [6.07, 6.45) is 0. The maximum atomic E-state index is 12.0. The SMILES string of the molecule is CN=C(C(=O)C(N)=C(C)N)c1ccc(Cl)c(Cl)c1. The number of hydrogen-bond acceptors (Lipinski definition) is 4. The van der Waals surface area contributed by atoms with Crippen LogP contribution in [0.2, 0.25) is 10.0 Å². The first-order valence-corrected chi connectivity index (χ1v) is 5.82. The third-order valence-electron chi connectivity index (χ3n) is 2.30. The van der Waals surface area contributed by atoms with Crippen LogP contribution in [0.4, 0.5) is 0 Å². The Bertz CT molecular complexity index is 546. The zero-order valence-electron chi connectivity index (χ0n) is 10.00. The minimum Gasteiger partial charge on any atom is -0.400 e. The summed E-state index contributed by atoms with van der Waals surface area (Å²) in [6, 6.07) is 4.80. The Balaban J connectivity index is 3.24. The highest BCUT2D eigenvalue weighted by Crippen LogP contribution is 2.23. The molecule has 1 aromatic rings. The number of halogens is 2. The highest BCUT2D eigenvalue weighted by molar-refractivity contribution is 6.51. The molecule has 4 N–H and O–H groups in total. The van der Waals surface area contributed by atoms with E-state index in [-0.39, 0.29) is 17.1 Å². The van der Waals surface area contributed by atoms with Crippen LogP contribution >= 0.6 is 23.2 Å². The van der Waals surface area contributed by atoms with Crippen LogP contribution in [0.1, 0.15) is 12.5 Å². The Hall–Kier alpha value is -1.52. The molecule has 0 aromatic heterocycles. The molecule has 96 valence electrons. The van der Waals surface area contributed by atoms with Crippen molar-refractivity contribution in [2.24, 2.45) is 16.5 Å². The Morgan fingerprint density at radius 1 is 1.22 bits per heavy atom. The second-order valence-corrected chi connectivity index (χ2v) is 4.44. The lowest BCUT2D eigenvalue weighted by Gasteiger charge is -2.07. The van der Waals surface area contributed by atoms with E-state index in [1.165, 1.54) is 7.05 Å². The third-order valence-corrected chi connectivity index (χ3v) is 3.04. The molecular weight excluding hydrogens is 273 g/mol. The first kappa shape index (κ1) is 14.5. The summed E-state index contributed by atoms with van der Waals surface area (Å²) in [5.41, 5.74) is 12.1. The molecule has 0 aliphatic heterocycles. The Morgan fingerprint density at radius 3 is 2.28 bits per heavy atom. The van der Waals surface area contributed by atoms with Gasteiger partial charge in [-0.25, -0.2) is 0 Å². The molecule has 4 nitrogen and oxygen atoms in total. The van der Waals surface area contributed by atoms with E-state index in [2.05, 4.69) is 4.99 Å². The molecule has 0 aliphatic rings. The van der Waals surface area contributed by atoms with Crippen LogP contribution in [0.25, 0.3) is 0 Å². The van der Waals surface area contributed by atoms with Crippen LogP contribution in [0.15, 0.2) is 34.6 Å². The second-order valence-electron chi connectivity index (χ2n) is 3.63. The van der Waals surface area contributed by atoms with E-state index < -0.39 is 5.78 Å². The van der Waals surface area contributed by atoms with Crippen molar-refractivity contribution < 1.29 is 4.79 Å². The van der Waals surface area contributed by atoms with E-state index in [4.69, 9.17) is 34.7 Å². The maximum Gasteiger partial charge on any atom is 0.228 e.